The first-order valence-electron chi connectivity index (χ1n) is 14.0. The van der Waals surface area contributed by atoms with Crippen molar-refractivity contribution in [1.29, 1.82) is 5.26 Å². The largest absolute Gasteiger partial charge is 0.378 e. The van der Waals surface area contributed by atoms with Gasteiger partial charge in [-0.25, -0.2) is 19.4 Å². The number of benzene rings is 1. The number of hydrogen-bond acceptors (Lipinski definition) is 6. The van der Waals surface area contributed by atoms with Crippen LogP contribution in [0.5, 0.6) is 0 Å². The van der Waals surface area contributed by atoms with Gasteiger partial charge >= 0.3 is 0 Å². The number of halogens is 2. The molecule has 3 aromatic rings. The summed E-state index contributed by atoms with van der Waals surface area (Å²) in [6, 6.07) is 7.89. The first kappa shape index (κ1) is 26.7. The fourth-order valence-electron chi connectivity index (χ4n) is 6.17. The number of ether oxygens (including phenoxy) is 1. The van der Waals surface area contributed by atoms with Gasteiger partial charge in [-0.15, -0.1) is 0 Å². The molecule has 1 saturated heterocycles. The van der Waals surface area contributed by atoms with Gasteiger partial charge in [-0.05, 0) is 68.4 Å². The van der Waals surface area contributed by atoms with Crippen LogP contribution in [0.15, 0.2) is 47.1 Å². The molecule has 0 radical (unpaired) electrons. The van der Waals surface area contributed by atoms with Crippen LogP contribution in [0.4, 0.5) is 4.39 Å². The number of aromatic nitrogens is 3. The second kappa shape index (κ2) is 11.5. The number of aliphatic imine (C=N–C) groups is 1. The minimum atomic E-state index is -0.637. The molecule has 1 unspecified atom stereocenters. The summed E-state index contributed by atoms with van der Waals surface area (Å²) in [5, 5.41) is 11.3. The SMILES string of the molecule is Cc1nc(C2CCc3c([nH]c4ccc(Cl)cc34)[C@H](C3=CN=C(N4CCOCC4)CCC=C3)CC2)nc(C#N)c1F. The van der Waals surface area contributed by atoms with Gasteiger partial charge in [-0.3, -0.25) is 0 Å². The van der Waals surface area contributed by atoms with Crippen LogP contribution in [-0.4, -0.2) is 52.0 Å². The lowest BCUT2D eigenvalue weighted by molar-refractivity contribution is 0.0672. The van der Waals surface area contributed by atoms with Crippen molar-refractivity contribution in [2.24, 2.45) is 4.99 Å². The summed E-state index contributed by atoms with van der Waals surface area (Å²) in [5.41, 5.74) is 4.68. The Labute approximate surface area is 238 Å². The summed E-state index contributed by atoms with van der Waals surface area (Å²) >= 11 is 6.44. The van der Waals surface area contributed by atoms with Crippen LogP contribution >= 0.6 is 11.6 Å². The zero-order valence-corrected chi connectivity index (χ0v) is 23.3. The Morgan fingerprint density at radius 3 is 2.83 bits per heavy atom. The zero-order chi connectivity index (χ0) is 27.6. The Balaban J connectivity index is 1.42. The molecule has 4 heterocycles. The smallest absolute Gasteiger partial charge is 0.180 e. The van der Waals surface area contributed by atoms with Crippen molar-refractivity contribution in [2.45, 2.75) is 57.3 Å². The standard InChI is InChI=1S/C31H32ClFN6O/c1-19-29(33)27(17-34)38-31(36-19)20-6-9-23(30-24(10-7-20)25-16-22(32)8-11-26(25)37-30)21-4-2-3-5-28(35-18-21)39-12-14-40-15-13-39/h2,4,8,11,16,18,20,23,37H,3,5-7,9-10,12-15H2,1H3/t20?,23-/m0/s1. The van der Waals surface area contributed by atoms with E-state index in [9.17, 15) is 9.65 Å². The van der Waals surface area contributed by atoms with Crippen LogP contribution in [0.1, 0.15) is 72.4 Å². The molecule has 1 aromatic carbocycles. The minimum absolute atomic E-state index is 0.00303. The summed E-state index contributed by atoms with van der Waals surface area (Å²) in [4.78, 5) is 19.9. The molecule has 3 aliphatic rings. The Hall–Kier alpha value is -3.54. The maximum atomic E-state index is 14.4. The highest BCUT2D eigenvalue weighted by Crippen LogP contribution is 2.42. The quantitative estimate of drug-likeness (QED) is 0.388. The van der Waals surface area contributed by atoms with E-state index in [0.29, 0.717) is 10.8 Å². The fraction of sp³-hybridized carbons (Fsp3) is 0.419. The van der Waals surface area contributed by atoms with Gasteiger partial charge in [0.05, 0.1) is 18.9 Å². The van der Waals surface area contributed by atoms with Gasteiger partial charge in [-0.1, -0.05) is 23.8 Å². The van der Waals surface area contributed by atoms with Gasteiger partial charge < -0.3 is 14.6 Å². The van der Waals surface area contributed by atoms with E-state index < -0.39 is 5.82 Å². The maximum Gasteiger partial charge on any atom is 0.180 e. The van der Waals surface area contributed by atoms with Crippen LogP contribution in [0.3, 0.4) is 0 Å². The number of nitrogens with one attached hydrogen (secondary N) is 1. The molecule has 0 saturated carbocycles. The molecule has 0 bridgehead atoms. The molecule has 1 fully saturated rings. The van der Waals surface area contributed by atoms with Gasteiger partial charge in [-0.2, -0.15) is 5.26 Å². The van der Waals surface area contributed by atoms with Crippen molar-refractivity contribution in [3.63, 3.8) is 0 Å². The van der Waals surface area contributed by atoms with Crippen molar-refractivity contribution < 1.29 is 9.13 Å². The highest BCUT2D eigenvalue weighted by atomic mass is 35.5. The van der Waals surface area contributed by atoms with E-state index in [4.69, 9.17) is 21.3 Å². The number of rotatable bonds is 2. The van der Waals surface area contributed by atoms with E-state index in [1.54, 1.807) is 6.92 Å². The lowest BCUT2D eigenvalue weighted by atomic mass is 9.80. The van der Waals surface area contributed by atoms with Crippen LogP contribution in [0, 0.1) is 24.1 Å². The van der Waals surface area contributed by atoms with Crippen molar-refractivity contribution in [3.8, 4) is 6.07 Å². The third kappa shape index (κ3) is 5.28. The normalized spacial score (nSPS) is 21.9. The molecule has 0 spiro atoms. The summed E-state index contributed by atoms with van der Waals surface area (Å²) in [7, 11) is 0. The van der Waals surface area contributed by atoms with Crippen molar-refractivity contribution >= 4 is 28.3 Å². The van der Waals surface area contributed by atoms with Gasteiger partial charge in [0.1, 0.15) is 17.7 Å². The predicted molar refractivity (Wildman–Crippen MR) is 154 cm³/mol. The topological polar surface area (TPSA) is 90.2 Å². The van der Waals surface area contributed by atoms with Crippen LogP contribution in [0.2, 0.25) is 5.02 Å². The van der Waals surface area contributed by atoms with Crippen molar-refractivity contribution in [1.82, 2.24) is 19.9 Å². The third-order valence-electron chi connectivity index (χ3n) is 8.29. The van der Waals surface area contributed by atoms with E-state index in [-0.39, 0.29) is 23.2 Å². The molecule has 9 heteroatoms. The van der Waals surface area contributed by atoms with E-state index in [0.717, 1.165) is 87.1 Å². The predicted octanol–water partition coefficient (Wildman–Crippen LogP) is 6.49. The molecule has 6 rings (SSSR count). The number of fused-ring (bicyclic) bond motifs is 3. The molecule has 1 aliphatic carbocycles. The number of hydrogen-bond donors (Lipinski definition) is 1. The monoisotopic (exact) mass is 558 g/mol. The first-order chi connectivity index (χ1) is 19.5. The highest BCUT2D eigenvalue weighted by Gasteiger charge is 2.30. The molecular weight excluding hydrogens is 527 g/mol. The van der Waals surface area contributed by atoms with Crippen molar-refractivity contribution in [3.05, 3.63) is 81.4 Å². The summed E-state index contributed by atoms with van der Waals surface area (Å²) in [6.07, 6.45) is 11.6. The van der Waals surface area contributed by atoms with Gasteiger partial charge in [0, 0.05) is 59.2 Å². The minimum Gasteiger partial charge on any atom is -0.378 e. The Kier molecular flexibility index (Phi) is 7.68. The molecule has 206 valence electrons. The summed E-state index contributed by atoms with van der Waals surface area (Å²) in [6.45, 7) is 4.79. The van der Waals surface area contributed by atoms with Gasteiger partial charge in [0.25, 0.3) is 0 Å². The lowest BCUT2D eigenvalue weighted by Gasteiger charge is -2.30. The second-order valence-corrected chi connectivity index (χ2v) is 11.2. The number of aromatic amines is 1. The molecule has 0 amide bonds. The average Bonchev–Trinajstić information content (AvgIpc) is 3.28. The van der Waals surface area contributed by atoms with E-state index >= 15 is 0 Å². The Morgan fingerprint density at radius 1 is 1.15 bits per heavy atom. The number of nitrogens with zero attached hydrogens (tertiary/aromatic N) is 5. The third-order valence-corrected chi connectivity index (χ3v) is 8.52. The van der Waals surface area contributed by atoms with Gasteiger partial charge in [0.15, 0.2) is 11.5 Å². The summed E-state index contributed by atoms with van der Waals surface area (Å²) < 4.78 is 20.0. The molecule has 2 aromatic heterocycles. The zero-order valence-electron chi connectivity index (χ0n) is 22.6. The Bertz CT molecular complexity index is 1560. The summed E-state index contributed by atoms with van der Waals surface area (Å²) in [5.74, 6) is 1.09. The lowest BCUT2D eigenvalue weighted by Crippen LogP contribution is -2.40. The van der Waals surface area contributed by atoms with E-state index in [1.165, 1.54) is 11.3 Å². The Morgan fingerprint density at radius 2 is 2.00 bits per heavy atom. The van der Waals surface area contributed by atoms with Crippen LogP contribution in [-0.2, 0) is 11.2 Å². The van der Waals surface area contributed by atoms with E-state index in [2.05, 4.69) is 32.0 Å². The second-order valence-electron chi connectivity index (χ2n) is 10.7. The number of amidine groups is 1. The average molecular weight is 559 g/mol. The molecular formula is C31H32ClFN6O. The highest BCUT2D eigenvalue weighted by molar-refractivity contribution is 6.31. The van der Waals surface area contributed by atoms with Crippen molar-refractivity contribution in [2.75, 3.05) is 26.3 Å². The number of aryl methyl sites for hydroxylation is 2. The fourth-order valence-corrected chi connectivity index (χ4v) is 6.34. The molecule has 7 nitrogen and oxygen atoms in total. The first-order valence-corrected chi connectivity index (χ1v) is 14.4. The number of nitriles is 1. The van der Waals surface area contributed by atoms with E-state index in [1.807, 2.05) is 30.5 Å². The van der Waals surface area contributed by atoms with Crippen LogP contribution in [0.25, 0.3) is 10.9 Å². The maximum absolute atomic E-state index is 14.4. The molecule has 2 atom stereocenters. The van der Waals surface area contributed by atoms with Gasteiger partial charge in [0.2, 0.25) is 0 Å². The molecule has 1 N–H and O–H groups in total. The molecule has 40 heavy (non-hydrogen) atoms. The number of H-pyrrole nitrogens is 1. The van der Waals surface area contributed by atoms with Crippen LogP contribution < -0.4 is 0 Å². The number of allylic oxidation sites excluding steroid dienone is 3. The molecule has 2 aliphatic heterocycles. The number of morpholine rings is 1.